The van der Waals surface area contributed by atoms with Crippen LogP contribution in [0.5, 0.6) is 0 Å². The molecule has 2 rings (SSSR count). The third-order valence-corrected chi connectivity index (χ3v) is 2.28. The van der Waals surface area contributed by atoms with Crippen LogP contribution in [0, 0.1) is 13.8 Å². The predicted molar refractivity (Wildman–Crippen MR) is 56.5 cm³/mol. The van der Waals surface area contributed by atoms with Crippen molar-refractivity contribution >= 4 is 0 Å². The minimum atomic E-state index is 0.310. The van der Waals surface area contributed by atoms with E-state index < -0.39 is 0 Å². The van der Waals surface area contributed by atoms with Gasteiger partial charge in [-0.15, -0.1) is 15.0 Å². The Bertz CT molecular complexity index is 454. The van der Waals surface area contributed by atoms with E-state index in [-0.39, 0.29) is 0 Å². The van der Waals surface area contributed by atoms with Crippen LogP contribution in [0.25, 0.3) is 5.69 Å². The second-order valence-corrected chi connectivity index (χ2v) is 3.44. The summed E-state index contributed by atoms with van der Waals surface area (Å²) in [6, 6.07) is 6.05. The number of benzene rings is 1. The molecule has 5 heteroatoms. The first kappa shape index (κ1) is 9.79. The number of tetrazole rings is 1. The van der Waals surface area contributed by atoms with Gasteiger partial charge in [0.05, 0.1) is 12.2 Å². The smallest absolute Gasteiger partial charge is 0.188 e. The summed E-state index contributed by atoms with van der Waals surface area (Å²) in [6.45, 7) is 4.35. The molecule has 0 bridgehead atoms. The lowest BCUT2D eigenvalue weighted by Crippen LogP contribution is -2.05. The Labute approximate surface area is 87.9 Å². The fraction of sp³-hybridized carbons (Fsp3) is 0.300. The van der Waals surface area contributed by atoms with Crippen molar-refractivity contribution in [2.24, 2.45) is 5.73 Å². The van der Waals surface area contributed by atoms with E-state index in [4.69, 9.17) is 5.73 Å². The van der Waals surface area contributed by atoms with Crippen molar-refractivity contribution in [1.29, 1.82) is 0 Å². The monoisotopic (exact) mass is 203 g/mol. The lowest BCUT2D eigenvalue weighted by molar-refractivity contribution is 0.709. The Morgan fingerprint density at radius 2 is 1.93 bits per heavy atom. The molecule has 0 spiro atoms. The van der Waals surface area contributed by atoms with E-state index in [2.05, 4.69) is 15.4 Å². The SMILES string of the molecule is Cc1cccc(C)c1-n1nnc(CN)n1. The van der Waals surface area contributed by atoms with Crippen LogP contribution in [-0.2, 0) is 6.54 Å². The van der Waals surface area contributed by atoms with Gasteiger partial charge in [0, 0.05) is 0 Å². The molecular weight excluding hydrogens is 190 g/mol. The molecule has 0 aliphatic heterocycles. The highest BCUT2D eigenvalue weighted by Crippen LogP contribution is 2.16. The molecule has 0 unspecified atom stereocenters. The van der Waals surface area contributed by atoms with Crippen molar-refractivity contribution in [3.8, 4) is 5.69 Å². The van der Waals surface area contributed by atoms with E-state index in [0.29, 0.717) is 12.4 Å². The number of para-hydroxylation sites is 1. The van der Waals surface area contributed by atoms with Crippen LogP contribution in [0.2, 0.25) is 0 Å². The maximum Gasteiger partial charge on any atom is 0.188 e. The molecule has 0 saturated heterocycles. The van der Waals surface area contributed by atoms with E-state index >= 15 is 0 Å². The van der Waals surface area contributed by atoms with E-state index in [1.807, 2.05) is 32.0 Å². The molecule has 0 aliphatic rings. The molecular formula is C10H13N5. The van der Waals surface area contributed by atoms with Crippen molar-refractivity contribution in [2.45, 2.75) is 20.4 Å². The maximum atomic E-state index is 5.44. The van der Waals surface area contributed by atoms with E-state index in [0.717, 1.165) is 16.8 Å². The normalized spacial score (nSPS) is 10.6. The molecule has 0 amide bonds. The van der Waals surface area contributed by atoms with Crippen LogP contribution in [0.1, 0.15) is 17.0 Å². The van der Waals surface area contributed by atoms with Crippen molar-refractivity contribution in [3.63, 3.8) is 0 Å². The summed E-state index contributed by atoms with van der Waals surface area (Å²) in [5, 5.41) is 12.0. The number of nitrogens with two attached hydrogens (primary N) is 1. The molecule has 0 atom stereocenters. The molecule has 15 heavy (non-hydrogen) atoms. The molecule has 2 aromatic rings. The third-order valence-electron chi connectivity index (χ3n) is 2.28. The van der Waals surface area contributed by atoms with Gasteiger partial charge in [0.1, 0.15) is 0 Å². The van der Waals surface area contributed by atoms with E-state index in [9.17, 15) is 0 Å². The summed E-state index contributed by atoms with van der Waals surface area (Å²) >= 11 is 0. The van der Waals surface area contributed by atoms with E-state index in [1.54, 1.807) is 0 Å². The van der Waals surface area contributed by atoms with Gasteiger partial charge in [0.2, 0.25) is 0 Å². The number of aryl methyl sites for hydroxylation is 2. The van der Waals surface area contributed by atoms with Crippen LogP contribution in [0.3, 0.4) is 0 Å². The summed E-state index contributed by atoms with van der Waals surface area (Å²) in [5.41, 5.74) is 8.66. The second-order valence-electron chi connectivity index (χ2n) is 3.44. The Hall–Kier alpha value is -1.75. The highest BCUT2D eigenvalue weighted by atomic mass is 15.6. The Balaban J connectivity index is 2.53. The zero-order valence-corrected chi connectivity index (χ0v) is 8.81. The van der Waals surface area contributed by atoms with Crippen LogP contribution >= 0.6 is 0 Å². The lowest BCUT2D eigenvalue weighted by atomic mass is 10.1. The summed E-state index contributed by atoms with van der Waals surface area (Å²) in [4.78, 5) is 1.53. The molecule has 2 N–H and O–H groups in total. The zero-order chi connectivity index (χ0) is 10.8. The van der Waals surface area contributed by atoms with Crippen LogP contribution in [0.15, 0.2) is 18.2 Å². The first-order valence-electron chi connectivity index (χ1n) is 4.78. The van der Waals surface area contributed by atoms with Crippen molar-refractivity contribution < 1.29 is 0 Å². The predicted octanol–water partition coefficient (Wildman–Crippen LogP) is 0.738. The quantitative estimate of drug-likeness (QED) is 0.781. The summed E-state index contributed by atoms with van der Waals surface area (Å²) in [7, 11) is 0. The largest absolute Gasteiger partial charge is 0.324 e. The number of nitrogens with zero attached hydrogens (tertiary/aromatic N) is 4. The van der Waals surface area contributed by atoms with Gasteiger partial charge in [-0.1, -0.05) is 18.2 Å². The lowest BCUT2D eigenvalue weighted by Gasteiger charge is -2.06. The van der Waals surface area contributed by atoms with Crippen molar-refractivity contribution in [2.75, 3.05) is 0 Å². The topological polar surface area (TPSA) is 69.6 Å². The molecule has 0 aliphatic carbocycles. The number of hydrogen-bond acceptors (Lipinski definition) is 4. The first-order valence-corrected chi connectivity index (χ1v) is 4.78. The van der Waals surface area contributed by atoms with Gasteiger partial charge in [-0.2, -0.15) is 0 Å². The zero-order valence-electron chi connectivity index (χ0n) is 8.81. The molecule has 0 fully saturated rings. The molecule has 0 radical (unpaired) electrons. The van der Waals surface area contributed by atoms with Gasteiger partial charge < -0.3 is 5.73 Å². The van der Waals surface area contributed by atoms with E-state index in [1.165, 1.54) is 4.80 Å². The Morgan fingerprint density at radius 1 is 1.27 bits per heavy atom. The highest BCUT2D eigenvalue weighted by Gasteiger charge is 2.08. The standard InChI is InChI=1S/C10H13N5/c1-7-4-3-5-8(2)10(7)15-13-9(6-11)12-14-15/h3-5H,6,11H2,1-2H3. The fourth-order valence-electron chi connectivity index (χ4n) is 1.54. The van der Waals surface area contributed by atoms with Crippen LogP contribution in [-0.4, -0.2) is 20.2 Å². The van der Waals surface area contributed by atoms with Gasteiger partial charge in [0.15, 0.2) is 5.82 Å². The van der Waals surface area contributed by atoms with Crippen LogP contribution < -0.4 is 5.73 Å². The average Bonchev–Trinajstić information content (AvgIpc) is 2.66. The van der Waals surface area contributed by atoms with Crippen molar-refractivity contribution in [3.05, 3.63) is 35.2 Å². The molecule has 0 saturated carbocycles. The molecule has 5 nitrogen and oxygen atoms in total. The minimum absolute atomic E-state index is 0.310. The number of rotatable bonds is 2. The van der Waals surface area contributed by atoms with Gasteiger partial charge in [-0.25, -0.2) is 0 Å². The van der Waals surface area contributed by atoms with Gasteiger partial charge >= 0.3 is 0 Å². The summed E-state index contributed by atoms with van der Waals surface area (Å²) in [5.74, 6) is 0.553. The van der Waals surface area contributed by atoms with Gasteiger partial charge in [0.25, 0.3) is 0 Å². The Kier molecular flexibility index (Phi) is 2.47. The third kappa shape index (κ3) is 1.73. The van der Waals surface area contributed by atoms with Crippen molar-refractivity contribution in [1.82, 2.24) is 20.2 Å². The Morgan fingerprint density at radius 3 is 2.47 bits per heavy atom. The average molecular weight is 203 g/mol. The molecule has 1 aromatic heterocycles. The molecule has 1 heterocycles. The molecule has 1 aromatic carbocycles. The minimum Gasteiger partial charge on any atom is -0.324 e. The summed E-state index contributed by atoms with van der Waals surface area (Å²) in [6.07, 6.45) is 0. The van der Waals surface area contributed by atoms with Gasteiger partial charge in [-0.05, 0) is 30.2 Å². The second kappa shape index (κ2) is 3.78. The number of hydrogen-bond donors (Lipinski definition) is 1. The first-order chi connectivity index (χ1) is 7.22. The molecule has 78 valence electrons. The van der Waals surface area contributed by atoms with Crippen LogP contribution in [0.4, 0.5) is 0 Å². The summed E-state index contributed by atoms with van der Waals surface area (Å²) < 4.78 is 0. The van der Waals surface area contributed by atoms with Gasteiger partial charge in [-0.3, -0.25) is 0 Å². The number of aromatic nitrogens is 4. The fourth-order valence-corrected chi connectivity index (χ4v) is 1.54. The maximum absolute atomic E-state index is 5.44. The highest BCUT2D eigenvalue weighted by molar-refractivity contribution is 5.45.